The first-order chi connectivity index (χ1) is 9.08. The average Bonchev–Trinajstić information content (AvgIpc) is 2.39. The third-order valence-electron chi connectivity index (χ3n) is 2.33. The highest BCUT2D eigenvalue weighted by Gasteiger charge is 2.18. The monoisotopic (exact) mass is 259 g/mol. The molecule has 1 aromatic heterocycles. The number of carbonyl (C=O) groups is 1. The van der Waals surface area contributed by atoms with E-state index in [1.807, 2.05) is 0 Å². The van der Waals surface area contributed by atoms with E-state index in [1.54, 1.807) is 30.3 Å². The van der Waals surface area contributed by atoms with Gasteiger partial charge in [0, 0.05) is 11.8 Å². The molecular formula is C12H9N3O4. The van der Waals surface area contributed by atoms with Crippen molar-refractivity contribution >= 4 is 23.2 Å². The third kappa shape index (κ3) is 2.83. The summed E-state index contributed by atoms with van der Waals surface area (Å²) in [6, 6.07) is 10.9. The Morgan fingerprint density at radius 2 is 1.89 bits per heavy atom. The van der Waals surface area contributed by atoms with Crippen molar-refractivity contribution in [3.8, 4) is 0 Å². The minimum absolute atomic E-state index is 0.101. The number of aromatic carboxylic acids is 1. The third-order valence-corrected chi connectivity index (χ3v) is 2.33. The van der Waals surface area contributed by atoms with E-state index in [2.05, 4.69) is 10.3 Å². The van der Waals surface area contributed by atoms with Gasteiger partial charge in [-0.05, 0) is 18.2 Å². The summed E-state index contributed by atoms with van der Waals surface area (Å²) >= 11 is 0. The summed E-state index contributed by atoms with van der Waals surface area (Å²) in [5, 5.41) is 22.4. The molecule has 7 nitrogen and oxygen atoms in total. The van der Waals surface area contributed by atoms with E-state index in [4.69, 9.17) is 5.11 Å². The van der Waals surface area contributed by atoms with Gasteiger partial charge in [-0.3, -0.25) is 10.1 Å². The van der Waals surface area contributed by atoms with Gasteiger partial charge in [0.2, 0.25) is 5.82 Å². The zero-order chi connectivity index (χ0) is 13.8. The largest absolute Gasteiger partial charge is 0.477 e. The number of hydrogen-bond donors (Lipinski definition) is 2. The van der Waals surface area contributed by atoms with Gasteiger partial charge in [0.15, 0.2) is 5.69 Å². The normalized spacial score (nSPS) is 9.89. The van der Waals surface area contributed by atoms with E-state index in [0.717, 1.165) is 12.1 Å². The molecule has 1 heterocycles. The van der Waals surface area contributed by atoms with Crippen LogP contribution in [0.4, 0.5) is 17.2 Å². The molecule has 96 valence electrons. The van der Waals surface area contributed by atoms with Gasteiger partial charge in [0.25, 0.3) is 0 Å². The molecule has 2 N–H and O–H groups in total. The average molecular weight is 259 g/mol. The highest BCUT2D eigenvalue weighted by molar-refractivity contribution is 5.86. The zero-order valence-corrected chi connectivity index (χ0v) is 9.61. The lowest BCUT2D eigenvalue weighted by Gasteiger charge is -2.06. The van der Waals surface area contributed by atoms with E-state index < -0.39 is 10.9 Å². The van der Waals surface area contributed by atoms with E-state index in [-0.39, 0.29) is 17.2 Å². The highest BCUT2D eigenvalue weighted by atomic mass is 16.6. The number of benzene rings is 1. The molecule has 0 atom stereocenters. The number of aromatic nitrogens is 1. The van der Waals surface area contributed by atoms with Crippen LogP contribution in [0.25, 0.3) is 0 Å². The second-order valence-corrected chi connectivity index (χ2v) is 3.62. The van der Waals surface area contributed by atoms with Crippen molar-refractivity contribution in [3.63, 3.8) is 0 Å². The summed E-state index contributed by atoms with van der Waals surface area (Å²) < 4.78 is 0. The summed E-state index contributed by atoms with van der Waals surface area (Å²) in [5.41, 5.74) is 0.0403. The first kappa shape index (κ1) is 12.5. The molecule has 7 heteroatoms. The minimum atomic E-state index is -1.24. The molecule has 0 aliphatic carbocycles. The van der Waals surface area contributed by atoms with E-state index in [9.17, 15) is 14.9 Å². The molecule has 0 bridgehead atoms. The molecule has 0 spiro atoms. The molecule has 1 aromatic carbocycles. The molecule has 0 saturated carbocycles. The number of para-hydroxylation sites is 1. The second kappa shape index (κ2) is 5.13. The smallest absolute Gasteiger partial charge is 0.354 e. The van der Waals surface area contributed by atoms with E-state index in [1.165, 1.54) is 0 Å². The van der Waals surface area contributed by atoms with Gasteiger partial charge in [-0.1, -0.05) is 18.2 Å². The zero-order valence-electron chi connectivity index (χ0n) is 9.61. The quantitative estimate of drug-likeness (QED) is 0.645. The van der Waals surface area contributed by atoms with Crippen molar-refractivity contribution in [1.29, 1.82) is 0 Å². The van der Waals surface area contributed by atoms with Crippen molar-refractivity contribution in [2.45, 2.75) is 0 Å². The van der Waals surface area contributed by atoms with Crippen LogP contribution in [0.3, 0.4) is 0 Å². The van der Waals surface area contributed by atoms with Crippen LogP contribution in [0.5, 0.6) is 0 Å². The lowest BCUT2D eigenvalue weighted by molar-refractivity contribution is -0.384. The van der Waals surface area contributed by atoms with Crippen LogP contribution >= 0.6 is 0 Å². The Kier molecular flexibility index (Phi) is 3.37. The SMILES string of the molecule is O=C(O)c1ccc([N+](=O)[O-])c(Nc2ccccc2)n1. The summed E-state index contributed by atoms with van der Waals surface area (Å²) in [5.74, 6) is -1.35. The standard InChI is InChI=1S/C12H9N3O4/c16-12(17)9-6-7-10(15(18)19)11(14-9)13-8-4-2-1-3-5-8/h1-7H,(H,13,14)(H,16,17). The summed E-state index contributed by atoms with van der Waals surface area (Å²) in [6.07, 6.45) is 0. The van der Waals surface area contributed by atoms with Crippen LogP contribution in [-0.2, 0) is 0 Å². The molecule has 0 saturated heterocycles. The van der Waals surface area contributed by atoms with Crippen molar-refractivity contribution in [2.24, 2.45) is 0 Å². The van der Waals surface area contributed by atoms with Crippen LogP contribution < -0.4 is 5.32 Å². The first-order valence-electron chi connectivity index (χ1n) is 5.29. The van der Waals surface area contributed by atoms with Gasteiger partial charge in [-0.25, -0.2) is 9.78 Å². The summed E-state index contributed by atoms with van der Waals surface area (Å²) in [6.45, 7) is 0. The Balaban J connectivity index is 2.43. The number of hydrogen-bond acceptors (Lipinski definition) is 5. The lowest BCUT2D eigenvalue weighted by Crippen LogP contribution is -2.05. The van der Waals surface area contributed by atoms with Crippen LogP contribution in [-0.4, -0.2) is 21.0 Å². The Morgan fingerprint density at radius 1 is 1.21 bits per heavy atom. The van der Waals surface area contributed by atoms with Gasteiger partial charge in [-0.2, -0.15) is 0 Å². The number of nitro groups is 1. The topological polar surface area (TPSA) is 105 Å². The predicted molar refractivity (Wildman–Crippen MR) is 67.6 cm³/mol. The summed E-state index contributed by atoms with van der Waals surface area (Å²) in [7, 11) is 0. The number of carboxylic acid groups (broad SMARTS) is 1. The fourth-order valence-corrected chi connectivity index (χ4v) is 1.47. The minimum Gasteiger partial charge on any atom is -0.477 e. The predicted octanol–water partition coefficient (Wildman–Crippen LogP) is 2.43. The number of nitrogens with one attached hydrogen (secondary N) is 1. The van der Waals surface area contributed by atoms with Gasteiger partial charge in [0.1, 0.15) is 0 Å². The van der Waals surface area contributed by atoms with Gasteiger partial charge < -0.3 is 10.4 Å². The fourth-order valence-electron chi connectivity index (χ4n) is 1.47. The lowest BCUT2D eigenvalue weighted by atomic mass is 10.3. The Hall–Kier alpha value is -2.96. The van der Waals surface area contributed by atoms with Gasteiger partial charge in [-0.15, -0.1) is 0 Å². The molecule has 19 heavy (non-hydrogen) atoms. The molecule has 0 amide bonds. The highest BCUT2D eigenvalue weighted by Crippen LogP contribution is 2.25. The number of nitrogens with zero attached hydrogens (tertiary/aromatic N) is 2. The van der Waals surface area contributed by atoms with Crippen LogP contribution in [0.2, 0.25) is 0 Å². The van der Waals surface area contributed by atoms with E-state index >= 15 is 0 Å². The number of carboxylic acids is 1. The van der Waals surface area contributed by atoms with Crippen molar-refractivity contribution in [1.82, 2.24) is 4.98 Å². The Morgan fingerprint density at radius 3 is 2.47 bits per heavy atom. The summed E-state index contributed by atoms with van der Waals surface area (Å²) in [4.78, 5) is 24.8. The number of rotatable bonds is 4. The van der Waals surface area contributed by atoms with Crippen molar-refractivity contribution < 1.29 is 14.8 Å². The fraction of sp³-hybridized carbons (Fsp3) is 0. The molecule has 0 radical (unpaired) electrons. The maximum Gasteiger partial charge on any atom is 0.354 e. The van der Waals surface area contributed by atoms with Gasteiger partial charge >= 0.3 is 11.7 Å². The molecule has 0 aliphatic heterocycles. The molecule has 2 rings (SSSR count). The van der Waals surface area contributed by atoms with Crippen LogP contribution in [0.15, 0.2) is 42.5 Å². The molecule has 0 fully saturated rings. The first-order valence-corrected chi connectivity index (χ1v) is 5.29. The van der Waals surface area contributed by atoms with Gasteiger partial charge in [0.05, 0.1) is 4.92 Å². The molecule has 0 unspecified atom stereocenters. The van der Waals surface area contributed by atoms with Crippen molar-refractivity contribution in [3.05, 3.63) is 58.3 Å². The van der Waals surface area contributed by atoms with Crippen LogP contribution in [0, 0.1) is 10.1 Å². The molecule has 0 aliphatic rings. The maximum atomic E-state index is 10.9. The Labute approximate surface area is 107 Å². The Bertz CT molecular complexity index is 628. The number of pyridine rings is 1. The van der Waals surface area contributed by atoms with E-state index in [0.29, 0.717) is 5.69 Å². The number of anilines is 2. The maximum absolute atomic E-state index is 10.9. The van der Waals surface area contributed by atoms with Crippen molar-refractivity contribution in [2.75, 3.05) is 5.32 Å². The second-order valence-electron chi connectivity index (χ2n) is 3.62. The molecule has 2 aromatic rings. The van der Waals surface area contributed by atoms with Crippen LogP contribution in [0.1, 0.15) is 10.5 Å². The molecular weight excluding hydrogens is 250 g/mol.